The van der Waals surface area contributed by atoms with Crippen molar-refractivity contribution < 1.29 is 19.1 Å². The predicted octanol–water partition coefficient (Wildman–Crippen LogP) is 4.91. The molecule has 0 atom stereocenters. The lowest BCUT2D eigenvalue weighted by Gasteiger charge is -2.13. The van der Waals surface area contributed by atoms with Crippen molar-refractivity contribution in [2.75, 3.05) is 17.7 Å². The van der Waals surface area contributed by atoms with Crippen molar-refractivity contribution in [3.05, 3.63) is 84.4 Å². The van der Waals surface area contributed by atoms with Crippen LogP contribution in [-0.4, -0.2) is 19.1 Å². The van der Waals surface area contributed by atoms with E-state index in [1.807, 2.05) is 36.4 Å². The number of carbonyl (C=O) groups excluding carboxylic acids is 2. The molecule has 0 saturated heterocycles. The summed E-state index contributed by atoms with van der Waals surface area (Å²) in [5.41, 5.74) is 1.34. The van der Waals surface area contributed by atoms with Crippen molar-refractivity contribution in [2.24, 2.45) is 0 Å². The van der Waals surface area contributed by atoms with Gasteiger partial charge in [0.25, 0.3) is 0 Å². The van der Waals surface area contributed by atoms with E-state index in [0.29, 0.717) is 28.4 Å². The van der Waals surface area contributed by atoms with Crippen LogP contribution in [0.25, 0.3) is 0 Å². The second kappa shape index (κ2) is 8.53. The smallest absolute Gasteiger partial charge is 0.337 e. The first-order chi connectivity index (χ1) is 13.2. The number of ether oxygens (including phenoxy) is 2. The molecule has 0 fully saturated rings. The standard InChI is InChI=1S/C21H18N2O4/c1-26-20(24)15-8-7-9-16(14-15)22-21(25)23-18-12-5-6-13-19(18)27-17-10-3-2-4-11-17/h2-14H,1H3,(H2,22,23,25). The van der Waals surface area contributed by atoms with Crippen LogP contribution >= 0.6 is 0 Å². The van der Waals surface area contributed by atoms with Gasteiger partial charge in [-0.15, -0.1) is 0 Å². The number of nitrogens with one attached hydrogen (secondary N) is 2. The highest BCUT2D eigenvalue weighted by Crippen LogP contribution is 2.29. The van der Waals surface area contributed by atoms with Gasteiger partial charge in [-0.05, 0) is 42.5 Å². The average Bonchev–Trinajstić information content (AvgIpc) is 2.70. The minimum Gasteiger partial charge on any atom is -0.465 e. The third-order valence-electron chi connectivity index (χ3n) is 3.65. The van der Waals surface area contributed by atoms with Gasteiger partial charge < -0.3 is 20.1 Å². The SMILES string of the molecule is COC(=O)c1cccc(NC(=O)Nc2ccccc2Oc2ccccc2)c1. The van der Waals surface area contributed by atoms with Gasteiger partial charge in [-0.1, -0.05) is 36.4 Å². The Labute approximate surface area is 156 Å². The van der Waals surface area contributed by atoms with Crippen LogP contribution in [0, 0.1) is 0 Å². The number of hydrogen-bond acceptors (Lipinski definition) is 4. The molecule has 6 nitrogen and oxygen atoms in total. The molecule has 3 aromatic rings. The summed E-state index contributed by atoms with van der Waals surface area (Å²) in [6.45, 7) is 0. The molecule has 3 aromatic carbocycles. The number of hydrogen-bond donors (Lipinski definition) is 2. The largest absolute Gasteiger partial charge is 0.465 e. The lowest BCUT2D eigenvalue weighted by molar-refractivity contribution is 0.0600. The molecule has 0 saturated carbocycles. The quantitative estimate of drug-likeness (QED) is 0.632. The number of esters is 1. The fraction of sp³-hybridized carbons (Fsp3) is 0.0476. The number of para-hydroxylation sites is 3. The molecule has 0 aliphatic heterocycles. The number of anilines is 2. The summed E-state index contributed by atoms with van der Waals surface area (Å²) < 4.78 is 10.5. The van der Waals surface area contributed by atoms with Crippen molar-refractivity contribution in [3.63, 3.8) is 0 Å². The number of amides is 2. The van der Waals surface area contributed by atoms with Crippen molar-refractivity contribution in [1.82, 2.24) is 0 Å². The van der Waals surface area contributed by atoms with Gasteiger partial charge in [0.1, 0.15) is 5.75 Å². The summed E-state index contributed by atoms with van der Waals surface area (Å²) in [7, 11) is 1.30. The first kappa shape index (κ1) is 18.0. The van der Waals surface area contributed by atoms with Gasteiger partial charge >= 0.3 is 12.0 Å². The van der Waals surface area contributed by atoms with Crippen LogP contribution in [0.15, 0.2) is 78.9 Å². The molecule has 0 spiro atoms. The van der Waals surface area contributed by atoms with E-state index in [0.717, 1.165) is 0 Å². The molecule has 3 rings (SSSR count). The van der Waals surface area contributed by atoms with Crippen LogP contribution in [0.4, 0.5) is 16.2 Å². The van der Waals surface area contributed by atoms with Gasteiger partial charge in [0.15, 0.2) is 5.75 Å². The highest BCUT2D eigenvalue weighted by atomic mass is 16.5. The summed E-state index contributed by atoms with van der Waals surface area (Å²) in [5.74, 6) is 0.709. The molecule has 0 aliphatic carbocycles. The lowest BCUT2D eigenvalue weighted by Crippen LogP contribution is -2.20. The minimum atomic E-state index is -0.472. The van der Waals surface area contributed by atoms with E-state index in [1.54, 1.807) is 36.4 Å². The van der Waals surface area contributed by atoms with E-state index in [2.05, 4.69) is 15.4 Å². The van der Waals surface area contributed by atoms with E-state index >= 15 is 0 Å². The number of carbonyl (C=O) groups is 2. The Morgan fingerprint density at radius 2 is 1.56 bits per heavy atom. The van der Waals surface area contributed by atoms with Gasteiger partial charge in [-0.25, -0.2) is 9.59 Å². The molecule has 6 heteroatoms. The van der Waals surface area contributed by atoms with Crippen molar-refractivity contribution in [1.29, 1.82) is 0 Å². The summed E-state index contributed by atoms with van der Waals surface area (Å²) in [5, 5.41) is 5.44. The van der Waals surface area contributed by atoms with E-state index in [4.69, 9.17) is 4.74 Å². The number of rotatable bonds is 5. The molecule has 27 heavy (non-hydrogen) atoms. The predicted molar refractivity (Wildman–Crippen MR) is 103 cm³/mol. The second-order valence-electron chi connectivity index (χ2n) is 5.56. The monoisotopic (exact) mass is 362 g/mol. The zero-order chi connectivity index (χ0) is 19.1. The normalized spacial score (nSPS) is 9.96. The van der Waals surface area contributed by atoms with E-state index < -0.39 is 12.0 Å². The van der Waals surface area contributed by atoms with Gasteiger partial charge in [-0.2, -0.15) is 0 Å². The summed E-state index contributed by atoms with van der Waals surface area (Å²) in [6.07, 6.45) is 0. The van der Waals surface area contributed by atoms with Crippen molar-refractivity contribution in [3.8, 4) is 11.5 Å². The Bertz CT molecular complexity index is 942. The van der Waals surface area contributed by atoms with Crippen LogP contribution in [0.1, 0.15) is 10.4 Å². The molecule has 2 N–H and O–H groups in total. The number of urea groups is 1. The fourth-order valence-electron chi connectivity index (χ4n) is 2.40. The Hall–Kier alpha value is -3.80. The first-order valence-corrected chi connectivity index (χ1v) is 8.24. The summed E-state index contributed by atoms with van der Waals surface area (Å²) >= 11 is 0. The molecule has 136 valence electrons. The van der Waals surface area contributed by atoms with Crippen LogP contribution in [0.2, 0.25) is 0 Å². The van der Waals surface area contributed by atoms with Crippen LogP contribution < -0.4 is 15.4 Å². The Morgan fingerprint density at radius 3 is 2.33 bits per heavy atom. The molecule has 0 aliphatic rings. The molecule has 0 aromatic heterocycles. The highest BCUT2D eigenvalue weighted by molar-refractivity contribution is 6.01. The van der Waals surface area contributed by atoms with Gasteiger partial charge in [0, 0.05) is 5.69 Å². The molecule has 0 unspecified atom stereocenters. The van der Waals surface area contributed by atoms with E-state index in [1.165, 1.54) is 13.2 Å². The van der Waals surface area contributed by atoms with Gasteiger partial charge in [-0.3, -0.25) is 0 Å². The molecule has 2 amide bonds. The third kappa shape index (κ3) is 4.85. The lowest BCUT2D eigenvalue weighted by atomic mass is 10.2. The average molecular weight is 362 g/mol. The first-order valence-electron chi connectivity index (χ1n) is 8.24. The van der Waals surface area contributed by atoms with Crippen molar-refractivity contribution in [2.45, 2.75) is 0 Å². The van der Waals surface area contributed by atoms with E-state index in [-0.39, 0.29) is 0 Å². The third-order valence-corrected chi connectivity index (χ3v) is 3.65. The molecular weight excluding hydrogens is 344 g/mol. The van der Waals surface area contributed by atoms with Gasteiger partial charge in [0.05, 0.1) is 18.4 Å². The maximum Gasteiger partial charge on any atom is 0.337 e. The molecule has 0 radical (unpaired) electrons. The Balaban J connectivity index is 1.71. The van der Waals surface area contributed by atoms with Crippen LogP contribution in [0.3, 0.4) is 0 Å². The number of benzene rings is 3. The zero-order valence-corrected chi connectivity index (χ0v) is 14.6. The minimum absolute atomic E-state index is 0.350. The zero-order valence-electron chi connectivity index (χ0n) is 14.6. The fourth-order valence-corrected chi connectivity index (χ4v) is 2.40. The Morgan fingerprint density at radius 1 is 0.815 bits per heavy atom. The number of methoxy groups -OCH3 is 1. The topological polar surface area (TPSA) is 76.7 Å². The van der Waals surface area contributed by atoms with E-state index in [9.17, 15) is 9.59 Å². The summed E-state index contributed by atoms with van der Waals surface area (Å²) in [6, 6.07) is 22.4. The second-order valence-corrected chi connectivity index (χ2v) is 5.56. The maximum atomic E-state index is 12.3. The highest BCUT2D eigenvalue weighted by Gasteiger charge is 2.10. The van der Waals surface area contributed by atoms with Crippen LogP contribution in [0.5, 0.6) is 11.5 Å². The molecular formula is C21H18N2O4. The van der Waals surface area contributed by atoms with Gasteiger partial charge in [0.2, 0.25) is 0 Å². The molecule has 0 heterocycles. The van der Waals surface area contributed by atoms with Crippen molar-refractivity contribution >= 4 is 23.4 Å². The Kier molecular flexibility index (Phi) is 5.69. The summed E-state index contributed by atoms with van der Waals surface area (Å²) in [4.78, 5) is 23.9. The maximum absolute atomic E-state index is 12.3. The molecule has 0 bridgehead atoms. The van der Waals surface area contributed by atoms with Crippen LogP contribution in [-0.2, 0) is 4.74 Å².